The number of hydrogen-bond acceptors (Lipinski definition) is 7. The Morgan fingerprint density at radius 1 is 1.14 bits per heavy atom. The molecule has 1 aliphatic heterocycles. The molecule has 10 nitrogen and oxygen atoms in total. The second-order valence-corrected chi connectivity index (χ2v) is 10.9. The van der Waals surface area contributed by atoms with E-state index in [9.17, 15) is 21.6 Å². The van der Waals surface area contributed by atoms with Crippen LogP contribution in [0.3, 0.4) is 0 Å². The zero-order valence-electron chi connectivity index (χ0n) is 19.7. The van der Waals surface area contributed by atoms with Crippen molar-refractivity contribution in [1.82, 2.24) is 33.8 Å². The molecule has 0 aliphatic carbocycles. The van der Waals surface area contributed by atoms with Crippen LogP contribution < -0.4 is 5.32 Å². The molecule has 0 spiro atoms. The van der Waals surface area contributed by atoms with E-state index in [4.69, 9.17) is 0 Å². The largest absolute Gasteiger partial charge is 0.419 e. The quantitative estimate of drug-likeness (QED) is 0.540. The highest BCUT2D eigenvalue weighted by Crippen LogP contribution is 2.36. The molecule has 1 saturated heterocycles. The molecular weight excluding hydrogens is 485 g/mol. The monoisotopic (exact) mass is 512 g/mol. The molecule has 190 valence electrons. The van der Waals surface area contributed by atoms with Gasteiger partial charge in [-0.3, -0.25) is 9.36 Å². The normalized spacial score (nSPS) is 19.9. The number of rotatable bonds is 6. The average Bonchev–Trinajstić information content (AvgIpc) is 3.44. The summed E-state index contributed by atoms with van der Waals surface area (Å²) < 4.78 is 71.2. The topological polar surface area (TPSA) is 111 Å². The second-order valence-electron chi connectivity index (χ2n) is 8.99. The summed E-state index contributed by atoms with van der Waals surface area (Å²) in [6, 6.07) is -0.188. The van der Waals surface area contributed by atoms with E-state index < -0.39 is 21.8 Å². The summed E-state index contributed by atoms with van der Waals surface area (Å²) in [5.41, 5.74) is -0.994. The SMILES string of the molecule is CC(C)n1cc(S(=O)(=O)N2CC[C@H](Nc3ncc(C(F)(F)F)c(-c4cnn(C)c4)n3)[C@H](C)C2)cn1. The predicted octanol–water partition coefficient (Wildman–Crippen LogP) is 3.18. The predicted molar refractivity (Wildman–Crippen MR) is 122 cm³/mol. The minimum Gasteiger partial charge on any atom is -0.351 e. The lowest BCUT2D eigenvalue weighted by Gasteiger charge is -2.36. The summed E-state index contributed by atoms with van der Waals surface area (Å²) in [4.78, 5) is 8.17. The lowest BCUT2D eigenvalue weighted by molar-refractivity contribution is -0.137. The van der Waals surface area contributed by atoms with Gasteiger partial charge in [-0.2, -0.15) is 27.7 Å². The fourth-order valence-corrected chi connectivity index (χ4v) is 5.51. The van der Waals surface area contributed by atoms with Crippen molar-refractivity contribution in [2.45, 2.75) is 50.3 Å². The van der Waals surface area contributed by atoms with Crippen molar-refractivity contribution >= 4 is 16.0 Å². The van der Waals surface area contributed by atoms with E-state index in [1.807, 2.05) is 20.8 Å². The molecule has 0 bridgehead atoms. The van der Waals surface area contributed by atoms with Crippen LogP contribution in [-0.2, 0) is 23.2 Å². The average molecular weight is 513 g/mol. The molecule has 0 aromatic carbocycles. The number of hydrogen-bond donors (Lipinski definition) is 1. The molecule has 35 heavy (non-hydrogen) atoms. The third-order valence-electron chi connectivity index (χ3n) is 6.00. The van der Waals surface area contributed by atoms with E-state index in [0.29, 0.717) is 6.42 Å². The highest BCUT2D eigenvalue weighted by Gasteiger charge is 2.37. The van der Waals surface area contributed by atoms with Gasteiger partial charge in [0.05, 0.1) is 18.1 Å². The van der Waals surface area contributed by atoms with Crippen molar-refractivity contribution in [1.29, 1.82) is 0 Å². The molecule has 1 fully saturated rings. The first kappa shape index (κ1) is 25.1. The van der Waals surface area contributed by atoms with Gasteiger partial charge in [-0.05, 0) is 26.2 Å². The summed E-state index contributed by atoms with van der Waals surface area (Å²) in [5, 5.41) is 11.2. The first-order valence-corrected chi connectivity index (χ1v) is 12.5. The van der Waals surface area contributed by atoms with Gasteiger partial charge < -0.3 is 5.32 Å². The number of sulfonamides is 1. The van der Waals surface area contributed by atoms with Crippen molar-refractivity contribution < 1.29 is 21.6 Å². The Labute approximate surface area is 201 Å². The molecule has 1 N–H and O–H groups in total. The maximum Gasteiger partial charge on any atom is 0.419 e. The van der Waals surface area contributed by atoms with Gasteiger partial charge in [-0.1, -0.05) is 6.92 Å². The van der Waals surface area contributed by atoms with E-state index >= 15 is 0 Å². The highest BCUT2D eigenvalue weighted by atomic mass is 32.2. The Balaban J connectivity index is 1.51. The van der Waals surface area contributed by atoms with E-state index in [0.717, 1.165) is 6.20 Å². The fraction of sp³-hybridized carbons (Fsp3) is 0.524. The van der Waals surface area contributed by atoms with E-state index in [1.165, 1.54) is 33.8 Å². The number of piperidine rings is 1. The van der Waals surface area contributed by atoms with Crippen LogP contribution in [0.25, 0.3) is 11.3 Å². The van der Waals surface area contributed by atoms with E-state index in [-0.39, 0.29) is 53.2 Å². The zero-order chi connectivity index (χ0) is 25.5. The van der Waals surface area contributed by atoms with Crippen LogP contribution in [0.15, 0.2) is 35.9 Å². The molecular formula is C21H27F3N8O2S. The number of nitrogens with one attached hydrogen (secondary N) is 1. The Morgan fingerprint density at radius 3 is 2.46 bits per heavy atom. The van der Waals surface area contributed by atoms with Crippen LogP contribution in [0, 0.1) is 5.92 Å². The van der Waals surface area contributed by atoms with Crippen molar-refractivity contribution in [3.05, 3.63) is 36.5 Å². The van der Waals surface area contributed by atoms with Crippen LogP contribution in [-0.4, -0.2) is 61.4 Å². The van der Waals surface area contributed by atoms with Crippen LogP contribution in [0.5, 0.6) is 0 Å². The minimum atomic E-state index is -4.62. The lowest BCUT2D eigenvalue weighted by Crippen LogP contribution is -2.47. The molecule has 14 heteroatoms. The summed E-state index contributed by atoms with van der Waals surface area (Å²) >= 11 is 0. The van der Waals surface area contributed by atoms with Gasteiger partial charge in [-0.15, -0.1) is 0 Å². The summed E-state index contributed by atoms with van der Waals surface area (Å²) in [7, 11) is -2.10. The molecule has 1 aliphatic rings. The number of aromatic nitrogens is 6. The van der Waals surface area contributed by atoms with Crippen LogP contribution in [0.2, 0.25) is 0 Å². The van der Waals surface area contributed by atoms with Crippen molar-refractivity contribution in [2.24, 2.45) is 13.0 Å². The molecule has 0 amide bonds. The van der Waals surface area contributed by atoms with Gasteiger partial charge in [0.2, 0.25) is 16.0 Å². The Hall–Kier alpha value is -3.00. The number of aryl methyl sites for hydroxylation is 1. The molecule has 4 rings (SSSR count). The maximum atomic E-state index is 13.5. The highest BCUT2D eigenvalue weighted by molar-refractivity contribution is 7.89. The molecule has 0 saturated carbocycles. The fourth-order valence-electron chi connectivity index (χ4n) is 4.01. The molecule has 0 radical (unpaired) electrons. The Bertz CT molecular complexity index is 1300. The summed E-state index contributed by atoms with van der Waals surface area (Å²) in [5.74, 6) is -0.102. The standard InChI is InChI=1S/C21H27F3N8O2S/c1-13(2)32-12-16(8-27-32)35(33,34)31-6-5-18(14(3)10-31)28-20-25-9-17(21(22,23)24)19(29-20)15-7-26-30(4)11-15/h7-9,11-14,18H,5-6,10H2,1-4H3,(H,25,28,29)/t14-,18+/m1/s1. The summed E-state index contributed by atoms with van der Waals surface area (Å²) in [6.45, 7) is 6.18. The number of anilines is 1. The minimum absolute atomic E-state index is 0.0353. The van der Waals surface area contributed by atoms with Gasteiger partial charge in [0.1, 0.15) is 10.5 Å². The lowest BCUT2D eigenvalue weighted by atomic mass is 9.95. The maximum absolute atomic E-state index is 13.5. The first-order valence-electron chi connectivity index (χ1n) is 11.1. The van der Waals surface area contributed by atoms with Crippen molar-refractivity contribution in [3.63, 3.8) is 0 Å². The third kappa shape index (κ3) is 5.17. The zero-order valence-corrected chi connectivity index (χ0v) is 20.5. The van der Waals surface area contributed by atoms with Gasteiger partial charge >= 0.3 is 6.18 Å². The molecule has 0 unspecified atom stereocenters. The first-order chi connectivity index (χ1) is 16.4. The van der Waals surface area contributed by atoms with Gasteiger partial charge in [0.15, 0.2) is 0 Å². The van der Waals surface area contributed by atoms with Gasteiger partial charge in [0.25, 0.3) is 0 Å². The van der Waals surface area contributed by atoms with Crippen molar-refractivity contribution in [2.75, 3.05) is 18.4 Å². The van der Waals surface area contributed by atoms with Gasteiger partial charge in [0, 0.05) is 56.4 Å². The smallest absolute Gasteiger partial charge is 0.351 e. The third-order valence-corrected chi connectivity index (χ3v) is 7.82. The molecule has 4 heterocycles. The molecule has 3 aromatic rings. The number of nitrogens with zero attached hydrogens (tertiary/aromatic N) is 7. The van der Waals surface area contributed by atoms with Crippen molar-refractivity contribution in [3.8, 4) is 11.3 Å². The van der Waals surface area contributed by atoms with Crippen LogP contribution in [0.4, 0.5) is 19.1 Å². The Morgan fingerprint density at radius 2 is 1.89 bits per heavy atom. The summed E-state index contributed by atoms with van der Waals surface area (Å²) in [6.07, 6.45) is 2.20. The van der Waals surface area contributed by atoms with Gasteiger partial charge in [-0.25, -0.2) is 18.4 Å². The van der Waals surface area contributed by atoms with E-state index in [1.54, 1.807) is 11.7 Å². The van der Waals surface area contributed by atoms with Crippen LogP contribution >= 0.6 is 0 Å². The van der Waals surface area contributed by atoms with E-state index in [2.05, 4.69) is 25.5 Å². The number of alkyl halides is 3. The molecule has 2 atom stereocenters. The second kappa shape index (κ2) is 9.22. The molecule has 3 aromatic heterocycles. The van der Waals surface area contributed by atoms with Crippen LogP contribution in [0.1, 0.15) is 38.8 Å². The number of halogens is 3. The Kier molecular flexibility index (Phi) is 6.62.